The lowest BCUT2D eigenvalue weighted by molar-refractivity contribution is 0.0740. The van der Waals surface area contributed by atoms with E-state index in [9.17, 15) is 0 Å². The Morgan fingerprint density at radius 3 is 2.68 bits per heavy atom. The Hall–Kier alpha value is -1.02. The first-order valence-electron chi connectivity index (χ1n) is 7.72. The number of rotatable bonds is 2. The van der Waals surface area contributed by atoms with E-state index >= 15 is 0 Å². The predicted octanol–water partition coefficient (Wildman–Crippen LogP) is 3.99. The van der Waals surface area contributed by atoms with Gasteiger partial charge in [-0.3, -0.25) is 0 Å². The van der Waals surface area contributed by atoms with E-state index in [0.717, 1.165) is 18.1 Å². The molecule has 0 saturated heterocycles. The van der Waals surface area contributed by atoms with Crippen LogP contribution in [0, 0.1) is 12.8 Å². The topological polar surface area (TPSA) is 21.3 Å². The molecule has 0 radical (unpaired) electrons. The Balaban J connectivity index is 1.83. The summed E-state index contributed by atoms with van der Waals surface area (Å²) in [4.78, 5) is 0. The molecule has 1 aromatic rings. The number of benzene rings is 1. The SMILES string of the molecule is CNC1CC(C2CCCCC2)Oc2ccc(C)cc21. The average molecular weight is 259 g/mol. The van der Waals surface area contributed by atoms with Crippen LogP contribution in [0.2, 0.25) is 0 Å². The number of aryl methyl sites for hydroxylation is 1. The maximum Gasteiger partial charge on any atom is 0.124 e. The number of nitrogens with one attached hydrogen (secondary N) is 1. The van der Waals surface area contributed by atoms with Gasteiger partial charge >= 0.3 is 0 Å². The highest BCUT2D eigenvalue weighted by molar-refractivity contribution is 5.41. The smallest absolute Gasteiger partial charge is 0.124 e. The predicted molar refractivity (Wildman–Crippen MR) is 78.6 cm³/mol. The number of ether oxygens (including phenoxy) is 1. The average Bonchev–Trinajstić information content (AvgIpc) is 2.47. The summed E-state index contributed by atoms with van der Waals surface area (Å²) in [5.41, 5.74) is 2.66. The van der Waals surface area contributed by atoms with Crippen molar-refractivity contribution in [1.29, 1.82) is 0 Å². The molecule has 1 fully saturated rings. The summed E-state index contributed by atoms with van der Waals surface area (Å²) in [7, 11) is 2.07. The van der Waals surface area contributed by atoms with Crippen LogP contribution in [-0.2, 0) is 0 Å². The highest BCUT2D eigenvalue weighted by Crippen LogP contribution is 2.40. The van der Waals surface area contributed by atoms with Crippen molar-refractivity contribution in [2.45, 2.75) is 57.6 Å². The van der Waals surface area contributed by atoms with Crippen molar-refractivity contribution in [2.24, 2.45) is 5.92 Å². The van der Waals surface area contributed by atoms with Gasteiger partial charge in [-0.1, -0.05) is 37.0 Å². The molecule has 1 aliphatic carbocycles. The van der Waals surface area contributed by atoms with E-state index in [1.165, 1.54) is 43.2 Å². The highest BCUT2D eigenvalue weighted by Gasteiger charge is 2.33. The molecule has 0 bridgehead atoms. The van der Waals surface area contributed by atoms with Crippen LogP contribution in [0.15, 0.2) is 18.2 Å². The second-order valence-electron chi connectivity index (χ2n) is 6.17. The molecule has 1 N–H and O–H groups in total. The fraction of sp³-hybridized carbons (Fsp3) is 0.647. The third-order valence-electron chi connectivity index (χ3n) is 4.81. The molecule has 1 aliphatic heterocycles. The Bertz CT molecular complexity index is 437. The summed E-state index contributed by atoms with van der Waals surface area (Å²) in [5.74, 6) is 1.87. The van der Waals surface area contributed by atoms with Crippen LogP contribution in [0.4, 0.5) is 0 Å². The summed E-state index contributed by atoms with van der Waals surface area (Å²) in [5, 5.41) is 3.48. The van der Waals surface area contributed by atoms with Crippen LogP contribution in [0.5, 0.6) is 5.75 Å². The molecule has 2 unspecified atom stereocenters. The van der Waals surface area contributed by atoms with E-state index < -0.39 is 0 Å². The quantitative estimate of drug-likeness (QED) is 0.867. The largest absolute Gasteiger partial charge is 0.490 e. The molecule has 2 atom stereocenters. The number of fused-ring (bicyclic) bond motifs is 1. The zero-order valence-corrected chi connectivity index (χ0v) is 12.1. The van der Waals surface area contributed by atoms with Crippen LogP contribution in [0.25, 0.3) is 0 Å². The minimum absolute atomic E-state index is 0.410. The van der Waals surface area contributed by atoms with Crippen molar-refractivity contribution in [3.63, 3.8) is 0 Å². The van der Waals surface area contributed by atoms with Crippen molar-refractivity contribution >= 4 is 0 Å². The van der Waals surface area contributed by atoms with Gasteiger partial charge in [0.15, 0.2) is 0 Å². The molecule has 0 spiro atoms. The molecule has 1 saturated carbocycles. The fourth-order valence-corrected chi connectivity index (χ4v) is 3.69. The van der Waals surface area contributed by atoms with Crippen molar-refractivity contribution in [3.8, 4) is 5.75 Å². The molecular weight excluding hydrogens is 234 g/mol. The van der Waals surface area contributed by atoms with Crippen LogP contribution in [0.3, 0.4) is 0 Å². The molecule has 0 aromatic heterocycles. The van der Waals surface area contributed by atoms with Gasteiger partial charge in [-0.2, -0.15) is 0 Å². The standard InChI is InChI=1S/C17H25NO/c1-12-8-9-16-14(10-12)15(18-2)11-17(19-16)13-6-4-3-5-7-13/h8-10,13,15,17-18H,3-7,11H2,1-2H3. The van der Waals surface area contributed by atoms with E-state index in [4.69, 9.17) is 4.74 Å². The minimum Gasteiger partial charge on any atom is -0.490 e. The van der Waals surface area contributed by atoms with Gasteiger partial charge in [0.05, 0.1) is 0 Å². The Labute approximate surface area is 116 Å². The maximum absolute atomic E-state index is 6.32. The number of hydrogen-bond donors (Lipinski definition) is 1. The lowest BCUT2D eigenvalue weighted by Crippen LogP contribution is -2.37. The third-order valence-corrected chi connectivity index (χ3v) is 4.81. The Kier molecular flexibility index (Phi) is 3.79. The lowest BCUT2D eigenvalue weighted by atomic mass is 9.81. The molecule has 1 aromatic carbocycles. The second kappa shape index (κ2) is 5.54. The van der Waals surface area contributed by atoms with Crippen LogP contribution >= 0.6 is 0 Å². The van der Waals surface area contributed by atoms with Crippen molar-refractivity contribution in [3.05, 3.63) is 29.3 Å². The molecule has 19 heavy (non-hydrogen) atoms. The van der Waals surface area contributed by atoms with Gasteiger partial charge in [0.2, 0.25) is 0 Å². The third kappa shape index (κ3) is 2.64. The van der Waals surface area contributed by atoms with Gasteiger partial charge < -0.3 is 10.1 Å². The van der Waals surface area contributed by atoms with E-state index in [2.05, 4.69) is 37.5 Å². The number of hydrogen-bond acceptors (Lipinski definition) is 2. The monoisotopic (exact) mass is 259 g/mol. The first-order chi connectivity index (χ1) is 9.28. The van der Waals surface area contributed by atoms with Crippen LogP contribution < -0.4 is 10.1 Å². The van der Waals surface area contributed by atoms with Gasteiger partial charge in [0.1, 0.15) is 11.9 Å². The van der Waals surface area contributed by atoms with Crippen molar-refractivity contribution < 1.29 is 4.74 Å². The van der Waals surface area contributed by atoms with E-state index in [-0.39, 0.29) is 0 Å². The van der Waals surface area contributed by atoms with Gasteiger partial charge in [0.25, 0.3) is 0 Å². The minimum atomic E-state index is 0.410. The first-order valence-corrected chi connectivity index (χ1v) is 7.72. The van der Waals surface area contributed by atoms with Gasteiger partial charge in [0, 0.05) is 18.0 Å². The summed E-state index contributed by atoms with van der Waals surface area (Å²) in [6.07, 6.45) is 8.41. The fourth-order valence-electron chi connectivity index (χ4n) is 3.69. The molecule has 104 valence electrons. The van der Waals surface area contributed by atoms with Gasteiger partial charge in [-0.25, -0.2) is 0 Å². The molecule has 3 rings (SSSR count). The van der Waals surface area contributed by atoms with Crippen LogP contribution in [-0.4, -0.2) is 13.2 Å². The molecule has 0 amide bonds. The van der Waals surface area contributed by atoms with Crippen molar-refractivity contribution in [2.75, 3.05) is 7.05 Å². The van der Waals surface area contributed by atoms with Crippen LogP contribution in [0.1, 0.15) is 55.7 Å². The summed E-state index contributed by atoms with van der Waals surface area (Å²) in [6, 6.07) is 7.04. The Morgan fingerprint density at radius 2 is 1.95 bits per heavy atom. The first kappa shape index (κ1) is 13.0. The maximum atomic E-state index is 6.32. The zero-order valence-electron chi connectivity index (χ0n) is 12.1. The molecule has 2 heteroatoms. The van der Waals surface area contributed by atoms with Gasteiger partial charge in [-0.15, -0.1) is 0 Å². The van der Waals surface area contributed by atoms with E-state index in [0.29, 0.717) is 12.1 Å². The molecule has 2 nitrogen and oxygen atoms in total. The highest BCUT2D eigenvalue weighted by atomic mass is 16.5. The summed E-state index contributed by atoms with van der Waals surface area (Å²) in [6.45, 7) is 2.15. The normalized spacial score (nSPS) is 27.7. The van der Waals surface area contributed by atoms with Crippen molar-refractivity contribution in [1.82, 2.24) is 5.32 Å². The lowest BCUT2D eigenvalue weighted by Gasteiger charge is -2.38. The van der Waals surface area contributed by atoms with E-state index in [1.54, 1.807) is 0 Å². The summed E-state index contributed by atoms with van der Waals surface area (Å²) < 4.78 is 6.32. The molecule has 1 heterocycles. The molecule has 2 aliphatic rings. The van der Waals surface area contributed by atoms with E-state index in [1.807, 2.05) is 0 Å². The second-order valence-corrected chi connectivity index (χ2v) is 6.17. The van der Waals surface area contributed by atoms with Gasteiger partial charge in [-0.05, 0) is 38.8 Å². The Morgan fingerprint density at radius 1 is 1.16 bits per heavy atom. The molecular formula is C17H25NO. The summed E-state index contributed by atoms with van der Waals surface area (Å²) >= 11 is 0. The zero-order chi connectivity index (χ0) is 13.2.